The third kappa shape index (κ3) is 7.03. The van der Waals surface area contributed by atoms with E-state index in [1.54, 1.807) is 37.2 Å². The summed E-state index contributed by atoms with van der Waals surface area (Å²) in [5.41, 5.74) is -0.970. The third-order valence-corrected chi connectivity index (χ3v) is 12.3. The van der Waals surface area contributed by atoms with Crippen LogP contribution in [0.25, 0.3) is 0 Å². The maximum Gasteiger partial charge on any atom is 0.306 e. The van der Waals surface area contributed by atoms with Gasteiger partial charge in [0.1, 0.15) is 18.0 Å². The summed E-state index contributed by atoms with van der Waals surface area (Å²) in [6.45, 7) is 5.81. The van der Waals surface area contributed by atoms with Crippen molar-refractivity contribution >= 4 is 25.8 Å². The number of carbonyl (C=O) groups excluding carboxylic acids is 1. The number of sulfonamides is 1. The standard InChI is InChI=1S/C28H40FNO7S2/c1-26(2,3)37-25(31)10-5-22(19-29)20-36-23-6-8-24(9-7-23)38(32,33)21-27-11-14-28(15-12-27,16-13-27)30-17-4-18-39(30,34)35/h6-9,19H,4-5,10-18,20-21H2,1-3H3/b22-19+. The number of halogens is 1. The lowest BCUT2D eigenvalue weighted by Crippen LogP contribution is -2.58. The van der Waals surface area contributed by atoms with E-state index in [-0.39, 0.29) is 46.8 Å². The van der Waals surface area contributed by atoms with Crippen LogP contribution in [0.15, 0.2) is 41.1 Å². The molecule has 1 aromatic carbocycles. The lowest BCUT2D eigenvalue weighted by molar-refractivity contribution is -0.154. The molecule has 0 aromatic heterocycles. The molecule has 0 amide bonds. The van der Waals surface area contributed by atoms with Gasteiger partial charge in [0.2, 0.25) is 10.0 Å². The molecule has 0 spiro atoms. The van der Waals surface area contributed by atoms with Gasteiger partial charge in [-0.25, -0.2) is 21.2 Å². The minimum Gasteiger partial charge on any atom is -0.489 e. The van der Waals surface area contributed by atoms with E-state index in [2.05, 4.69) is 0 Å². The summed E-state index contributed by atoms with van der Waals surface area (Å²) in [5.74, 6) is 0.239. The summed E-state index contributed by atoms with van der Waals surface area (Å²) in [4.78, 5) is 12.1. The molecule has 1 heterocycles. The molecule has 2 bridgehead atoms. The van der Waals surface area contributed by atoms with Gasteiger partial charge in [0.05, 0.1) is 22.7 Å². The monoisotopic (exact) mass is 585 g/mol. The lowest BCUT2D eigenvalue weighted by atomic mass is 9.58. The van der Waals surface area contributed by atoms with Crippen LogP contribution in [0.3, 0.4) is 0 Å². The van der Waals surface area contributed by atoms with Crippen LogP contribution < -0.4 is 4.74 Å². The summed E-state index contributed by atoms with van der Waals surface area (Å²) in [7, 11) is -6.77. The summed E-state index contributed by atoms with van der Waals surface area (Å²) < 4.78 is 77.7. The first-order valence-corrected chi connectivity index (χ1v) is 16.9. The molecule has 39 heavy (non-hydrogen) atoms. The van der Waals surface area contributed by atoms with Crippen LogP contribution in [0.1, 0.15) is 78.6 Å². The average Bonchev–Trinajstić information content (AvgIpc) is 3.23. The summed E-state index contributed by atoms with van der Waals surface area (Å²) in [6, 6.07) is 6.12. The number of hydrogen-bond acceptors (Lipinski definition) is 7. The smallest absolute Gasteiger partial charge is 0.306 e. The molecule has 0 atom stereocenters. The molecule has 11 heteroatoms. The highest BCUT2D eigenvalue weighted by molar-refractivity contribution is 7.91. The first-order chi connectivity index (χ1) is 18.2. The van der Waals surface area contributed by atoms with Crippen molar-refractivity contribution in [3.8, 4) is 5.75 Å². The highest BCUT2D eigenvalue weighted by Crippen LogP contribution is 2.56. The van der Waals surface area contributed by atoms with E-state index in [9.17, 15) is 26.0 Å². The topological polar surface area (TPSA) is 107 Å². The highest BCUT2D eigenvalue weighted by atomic mass is 32.2. The van der Waals surface area contributed by atoms with E-state index in [1.165, 1.54) is 12.1 Å². The van der Waals surface area contributed by atoms with Crippen LogP contribution in [0, 0.1) is 5.41 Å². The van der Waals surface area contributed by atoms with Gasteiger partial charge in [-0.3, -0.25) is 4.79 Å². The third-order valence-electron chi connectivity index (χ3n) is 8.32. The first kappa shape index (κ1) is 30.0. The Bertz CT molecular complexity index is 1270. The SMILES string of the molecule is CC(C)(C)OC(=O)CC/C(=C\F)COc1ccc(S(=O)(=O)CC23CCC(N4CCCS4(=O)=O)(CC2)CC3)cc1. The number of rotatable bonds is 10. The largest absolute Gasteiger partial charge is 0.489 e. The van der Waals surface area contributed by atoms with Crippen LogP contribution in [0.5, 0.6) is 5.75 Å². The maximum absolute atomic E-state index is 13.3. The van der Waals surface area contributed by atoms with Gasteiger partial charge in [0, 0.05) is 18.5 Å². The van der Waals surface area contributed by atoms with Crippen LogP contribution in [0.2, 0.25) is 0 Å². The Morgan fingerprint density at radius 2 is 1.67 bits per heavy atom. The molecule has 0 unspecified atom stereocenters. The van der Waals surface area contributed by atoms with E-state index in [4.69, 9.17) is 9.47 Å². The van der Waals surface area contributed by atoms with E-state index < -0.39 is 31.4 Å². The van der Waals surface area contributed by atoms with E-state index in [1.807, 2.05) is 0 Å². The molecule has 1 aromatic rings. The number of ether oxygens (including phenoxy) is 2. The minimum absolute atomic E-state index is 0.0320. The van der Waals surface area contributed by atoms with Crippen LogP contribution in [-0.4, -0.2) is 62.9 Å². The van der Waals surface area contributed by atoms with Gasteiger partial charge in [-0.15, -0.1) is 0 Å². The number of esters is 1. The van der Waals surface area contributed by atoms with Crippen molar-refractivity contribution < 1.29 is 35.5 Å². The van der Waals surface area contributed by atoms with Crippen molar-refractivity contribution in [1.82, 2.24) is 4.31 Å². The zero-order valence-corrected chi connectivity index (χ0v) is 24.7. The molecule has 0 N–H and O–H groups in total. The van der Waals surface area contributed by atoms with E-state index in [0.717, 1.165) is 0 Å². The molecule has 4 aliphatic rings. The second kappa shape index (κ2) is 11.1. The van der Waals surface area contributed by atoms with Gasteiger partial charge in [-0.1, -0.05) is 0 Å². The van der Waals surface area contributed by atoms with Crippen molar-refractivity contribution in [2.75, 3.05) is 24.7 Å². The second-order valence-corrected chi connectivity index (χ2v) is 16.3. The second-order valence-electron chi connectivity index (χ2n) is 12.3. The summed E-state index contributed by atoms with van der Waals surface area (Å²) >= 11 is 0. The van der Waals surface area contributed by atoms with Crippen LogP contribution in [-0.2, 0) is 29.4 Å². The summed E-state index contributed by atoms with van der Waals surface area (Å²) in [6.07, 6.45) is 5.55. The predicted octanol–water partition coefficient (Wildman–Crippen LogP) is 4.94. The van der Waals surface area contributed by atoms with Crippen molar-refractivity contribution in [2.45, 2.75) is 94.6 Å². The quantitative estimate of drug-likeness (QED) is 0.358. The van der Waals surface area contributed by atoms with Crippen molar-refractivity contribution in [2.24, 2.45) is 5.41 Å². The van der Waals surface area contributed by atoms with Gasteiger partial charge in [-0.05, 0) is 107 Å². The minimum atomic E-state index is -3.56. The van der Waals surface area contributed by atoms with E-state index in [0.29, 0.717) is 69.1 Å². The fourth-order valence-corrected chi connectivity index (χ4v) is 10.2. The zero-order valence-electron chi connectivity index (χ0n) is 23.1. The molecule has 0 radical (unpaired) electrons. The van der Waals surface area contributed by atoms with Gasteiger partial charge in [-0.2, -0.15) is 4.31 Å². The molecule has 3 saturated carbocycles. The Kier molecular flexibility index (Phi) is 8.55. The molecule has 218 valence electrons. The molecule has 1 saturated heterocycles. The van der Waals surface area contributed by atoms with Gasteiger partial charge in [0.25, 0.3) is 0 Å². The molecule has 5 rings (SSSR count). The number of carbonyl (C=O) groups is 1. The van der Waals surface area contributed by atoms with Gasteiger partial charge in [0.15, 0.2) is 9.84 Å². The molecular weight excluding hydrogens is 545 g/mol. The predicted molar refractivity (Wildman–Crippen MR) is 146 cm³/mol. The fourth-order valence-electron chi connectivity index (χ4n) is 6.23. The Labute approximate surface area is 231 Å². The van der Waals surface area contributed by atoms with E-state index >= 15 is 0 Å². The molecular formula is C28H40FNO7S2. The molecule has 1 aliphatic heterocycles. The average molecular weight is 586 g/mol. The Balaban J connectivity index is 1.31. The molecule has 8 nitrogen and oxygen atoms in total. The zero-order chi connectivity index (χ0) is 28.5. The normalized spacial score (nSPS) is 27.4. The van der Waals surface area contributed by atoms with Crippen LogP contribution >= 0.6 is 0 Å². The molecule has 3 aliphatic carbocycles. The Morgan fingerprint density at radius 3 is 2.18 bits per heavy atom. The summed E-state index contributed by atoms with van der Waals surface area (Å²) in [5, 5.41) is 0. The Hall–Kier alpha value is -1.98. The lowest BCUT2D eigenvalue weighted by Gasteiger charge is -2.56. The first-order valence-electron chi connectivity index (χ1n) is 13.6. The van der Waals surface area contributed by atoms with Gasteiger partial charge < -0.3 is 9.47 Å². The van der Waals surface area contributed by atoms with Crippen molar-refractivity contribution in [3.63, 3.8) is 0 Å². The maximum atomic E-state index is 13.3. The number of sulfone groups is 1. The molecule has 4 fully saturated rings. The number of nitrogens with zero attached hydrogens (tertiary/aromatic N) is 1. The number of fused-ring (bicyclic) bond motifs is 3. The number of hydrogen-bond donors (Lipinski definition) is 0. The Morgan fingerprint density at radius 1 is 1.05 bits per heavy atom. The van der Waals surface area contributed by atoms with Crippen molar-refractivity contribution in [3.05, 3.63) is 36.2 Å². The van der Waals surface area contributed by atoms with Gasteiger partial charge >= 0.3 is 5.97 Å². The highest BCUT2D eigenvalue weighted by Gasteiger charge is 2.55. The van der Waals surface area contributed by atoms with Crippen molar-refractivity contribution in [1.29, 1.82) is 0 Å². The van der Waals surface area contributed by atoms with Crippen LogP contribution in [0.4, 0.5) is 4.39 Å². The fraction of sp³-hybridized carbons (Fsp3) is 0.679. The number of benzene rings is 1.